The van der Waals surface area contributed by atoms with Gasteiger partial charge in [-0.3, -0.25) is 0 Å². The third-order valence-corrected chi connectivity index (χ3v) is 5.57. The maximum Gasteiger partial charge on any atom is 0.196 e. The van der Waals surface area contributed by atoms with Gasteiger partial charge in [-0.2, -0.15) is 0 Å². The normalized spacial score (nSPS) is 12.7. The molecule has 6 heteroatoms. The summed E-state index contributed by atoms with van der Waals surface area (Å²) in [5.41, 5.74) is 3.89. The number of aromatic nitrogens is 2. The van der Waals surface area contributed by atoms with E-state index in [1.807, 2.05) is 44.2 Å². The Labute approximate surface area is 173 Å². The number of H-pyrrole nitrogens is 2. The lowest BCUT2D eigenvalue weighted by atomic mass is 9.86. The SMILES string of the molecule is CC(C)c1[nH]c(O)c(C(c2ccccc2)c2[nH]c3cc(F)ccc3c2CCO)c1O. The number of aliphatic hydroxyl groups excluding tert-OH is 1. The van der Waals surface area contributed by atoms with Gasteiger partial charge in [-0.25, -0.2) is 4.39 Å². The van der Waals surface area contributed by atoms with Crippen LogP contribution in [0.2, 0.25) is 0 Å². The first-order chi connectivity index (χ1) is 14.4. The molecule has 2 aromatic carbocycles. The van der Waals surface area contributed by atoms with Crippen molar-refractivity contribution in [3.8, 4) is 11.6 Å². The minimum absolute atomic E-state index is 0.0103. The van der Waals surface area contributed by atoms with E-state index in [1.165, 1.54) is 12.1 Å². The van der Waals surface area contributed by atoms with Crippen LogP contribution in [0.5, 0.6) is 11.6 Å². The van der Waals surface area contributed by atoms with Crippen LogP contribution >= 0.6 is 0 Å². The fourth-order valence-corrected chi connectivity index (χ4v) is 4.20. The zero-order valence-electron chi connectivity index (χ0n) is 16.9. The molecule has 0 saturated carbocycles. The fourth-order valence-electron chi connectivity index (χ4n) is 4.20. The van der Waals surface area contributed by atoms with E-state index in [2.05, 4.69) is 9.97 Å². The molecule has 0 radical (unpaired) electrons. The summed E-state index contributed by atoms with van der Waals surface area (Å²) in [5.74, 6) is -1.01. The number of aliphatic hydroxyl groups is 1. The Morgan fingerprint density at radius 3 is 2.33 bits per heavy atom. The number of benzene rings is 2. The van der Waals surface area contributed by atoms with Crippen molar-refractivity contribution in [1.82, 2.24) is 9.97 Å². The highest BCUT2D eigenvalue weighted by atomic mass is 19.1. The number of rotatable bonds is 6. The van der Waals surface area contributed by atoms with Gasteiger partial charge in [0.1, 0.15) is 11.6 Å². The van der Waals surface area contributed by atoms with E-state index >= 15 is 0 Å². The predicted molar refractivity (Wildman–Crippen MR) is 115 cm³/mol. The molecule has 4 rings (SSSR count). The second kappa shape index (κ2) is 7.88. The van der Waals surface area contributed by atoms with Crippen molar-refractivity contribution in [2.75, 3.05) is 6.61 Å². The lowest BCUT2D eigenvalue weighted by Crippen LogP contribution is -2.07. The predicted octanol–water partition coefficient (Wildman–Crippen LogP) is 4.88. The van der Waals surface area contributed by atoms with Crippen LogP contribution in [0.25, 0.3) is 10.9 Å². The molecule has 5 nitrogen and oxygen atoms in total. The zero-order chi connectivity index (χ0) is 21.4. The Morgan fingerprint density at radius 2 is 1.70 bits per heavy atom. The minimum atomic E-state index is -0.535. The molecule has 4 aromatic rings. The molecule has 0 saturated heterocycles. The van der Waals surface area contributed by atoms with Crippen molar-refractivity contribution >= 4 is 10.9 Å². The van der Waals surface area contributed by atoms with Gasteiger partial charge in [-0.15, -0.1) is 0 Å². The molecule has 1 atom stereocenters. The molecule has 2 heterocycles. The second-order valence-corrected chi connectivity index (χ2v) is 7.83. The second-order valence-electron chi connectivity index (χ2n) is 7.83. The number of nitrogens with one attached hydrogen (secondary N) is 2. The van der Waals surface area contributed by atoms with Crippen LogP contribution in [0, 0.1) is 5.82 Å². The van der Waals surface area contributed by atoms with Crippen molar-refractivity contribution in [1.29, 1.82) is 0 Å². The number of hydrogen-bond donors (Lipinski definition) is 5. The highest BCUT2D eigenvalue weighted by molar-refractivity contribution is 5.85. The molecular weight excluding hydrogens is 383 g/mol. The zero-order valence-corrected chi connectivity index (χ0v) is 16.9. The van der Waals surface area contributed by atoms with Gasteiger partial charge < -0.3 is 25.3 Å². The molecule has 0 fully saturated rings. The summed E-state index contributed by atoms with van der Waals surface area (Å²) in [6.07, 6.45) is 0.354. The highest BCUT2D eigenvalue weighted by Crippen LogP contribution is 2.46. The average Bonchev–Trinajstić information content (AvgIpc) is 3.21. The molecule has 0 bridgehead atoms. The van der Waals surface area contributed by atoms with Gasteiger partial charge in [-0.05, 0) is 41.7 Å². The first kappa shape index (κ1) is 20.0. The number of hydrogen-bond acceptors (Lipinski definition) is 3. The maximum atomic E-state index is 13.9. The quantitative estimate of drug-likeness (QED) is 0.315. The Hall–Kier alpha value is -3.25. The summed E-state index contributed by atoms with van der Waals surface area (Å²) in [6.45, 7) is 3.77. The number of aromatic amines is 2. The van der Waals surface area contributed by atoms with E-state index in [-0.39, 0.29) is 30.0 Å². The molecule has 0 aliphatic rings. The summed E-state index contributed by atoms with van der Waals surface area (Å²) in [4.78, 5) is 6.20. The lowest BCUT2D eigenvalue weighted by molar-refractivity contribution is 0.299. The van der Waals surface area contributed by atoms with Gasteiger partial charge in [0.2, 0.25) is 0 Å². The van der Waals surface area contributed by atoms with Gasteiger partial charge in [0.25, 0.3) is 0 Å². The topological polar surface area (TPSA) is 92.3 Å². The van der Waals surface area contributed by atoms with Crippen molar-refractivity contribution in [2.45, 2.75) is 32.1 Å². The average molecular weight is 408 g/mol. The van der Waals surface area contributed by atoms with Gasteiger partial charge >= 0.3 is 0 Å². The smallest absolute Gasteiger partial charge is 0.196 e. The van der Waals surface area contributed by atoms with Crippen molar-refractivity contribution in [2.24, 2.45) is 0 Å². The molecule has 5 N–H and O–H groups in total. The molecule has 2 aromatic heterocycles. The Balaban J connectivity index is 2.03. The Morgan fingerprint density at radius 1 is 0.967 bits per heavy atom. The minimum Gasteiger partial charge on any atom is -0.506 e. The number of halogens is 1. The Bertz CT molecular complexity index is 1180. The van der Waals surface area contributed by atoms with Crippen LogP contribution in [0.15, 0.2) is 48.5 Å². The summed E-state index contributed by atoms with van der Waals surface area (Å²) in [7, 11) is 0. The van der Waals surface area contributed by atoms with Crippen molar-refractivity contribution in [3.63, 3.8) is 0 Å². The molecule has 156 valence electrons. The van der Waals surface area contributed by atoms with E-state index in [4.69, 9.17) is 0 Å². The highest BCUT2D eigenvalue weighted by Gasteiger charge is 2.31. The van der Waals surface area contributed by atoms with Crippen LogP contribution in [0.3, 0.4) is 0 Å². The monoisotopic (exact) mass is 408 g/mol. The van der Waals surface area contributed by atoms with Gasteiger partial charge in [0, 0.05) is 23.2 Å². The van der Waals surface area contributed by atoms with E-state index < -0.39 is 5.92 Å². The summed E-state index contributed by atoms with van der Waals surface area (Å²) in [6, 6.07) is 14.0. The molecule has 1 unspecified atom stereocenters. The van der Waals surface area contributed by atoms with Gasteiger partial charge in [0.15, 0.2) is 5.88 Å². The molecule has 0 amide bonds. The largest absolute Gasteiger partial charge is 0.506 e. The van der Waals surface area contributed by atoms with Crippen molar-refractivity contribution < 1.29 is 19.7 Å². The lowest BCUT2D eigenvalue weighted by Gasteiger charge is -2.19. The summed E-state index contributed by atoms with van der Waals surface area (Å²) >= 11 is 0. The van der Waals surface area contributed by atoms with E-state index in [0.717, 1.165) is 16.5 Å². The number of aromatic hydroxyl groups is 2. The van der Waals surface area contributed by atoms with Gasteiger partial charge in [0.05, 0.1) is 17.2 Å². The molecule has 30 heavy (non-hydrogen) atoms. The van der Waals surface area contributed by atoms with Crippen molar-refractivity contribution in [3.05, 3.63) is 82.4 Å². The Kier molecular flexibility index (Phi) is 5.26. The van der Waals surface area contributed by atoms with E-state index in [1.54, 1.807) is 6.07 Å². The standard InChI is InChI=1S/C24H25FN2O3/c1-13(2)21-23(29)20(24(30)27-21)19(14-6-4-3-5-7-14)22-17(10-11-28)16-9-8-15(25)12-18(16)26-22/h3-9,12-13,19,26-30H,10-11H2,1-2H3. The molecule has 0 aliphatic heterocycles. The van der Waals surface area contributed by atoms with Crippen LogP contribution in [0.1, 0.15) is 53.8 Å². The fraction of sp³-hybridized carbons (Fsp3) is 0.250. The first-order valence-corrected chi connectivity index (χ1v) is 10.0. The third-order valence-electron chi connectivity index (χ3n) is 5.57. The first-order valence-electron chi connectivity index (χ1n) is 10.0. The summed E-state index contributed by atoms with van der Waals surface area (Å²) < 4.78 is 13.9. The summed E-state index contributed by atoms with van der Waals surface area (Å²) in [5, 5.41) is 32.3. The van der Waals surface area contributed by atoms with Gasteiger partial charge in [-0.1, -0.05) is 44.2 Å². The molecule has 0 spiro atoms. The van der Waals surface area contributed by atoms with Crippen LogP contribution < -0.4 is 0 Å². The van der Waals surface area contributed by atoms with E-state index in [9.17, 15) is 19.7 Å². The van der Waals surface area contributed by atoms with Crippen LogP contribution in [0.4, 0.5) is 4.39 Å². The van der Waals surface area contributed by atoms with Crippen LogP contribution in [-0.4, -0.2) is 31.9 Å². The molecular formula is C24H25FN2O3. The molecule has 0 aliphatic carbocycles. The number of fused-ring (bicyclic) bond motifs is 1. The van der Waals surface area contributed by atoms with Crippen LogP contribution in [-0.2, 0) is 6.42 Å². The maximum absolute atomic E-state index is 13.9. The third kappa shape index (κ3) is 3.33. The van der Waals surface area contributed by atoms with E-state index in [0.29, 0.717) is 28.9 Å².